The van der Waals surface area contributed by atoms with Crippen LogP contribution >= 0.6 is 24.0 Å². The van der Waals surface area contributed by atoms with Gasteiger partial charge in [-0.1, -0.05) is 19.1 Å². The summed E-state index contributed by atoms with van der Waals surface area (Å²) in [6.45, 7) is 9.57. The van der Waals surface area contributed by atoms with E-state index in [0.29, 0.717) is 30.3 Å². The molecule has 1 aliphatic heterocycles. The number of amides is 1. The molecule has 1 heterocycles. The minimum Gasteiger partial charge on any atom is -0.484 e. The number of likely N-dealkylation sites (tertiary alicyclic amines) is 1. The van der Waals surface area contributed by atoms with E-state index in [0.717, 1.165) is 24.6 Å². The fourth-order valence-corrected chi connectivity index (χ4v) is 3.19. The summed E-state index contributed by atoms with van der Waals surface area (Å²) in [5.41, 5.74) is 1.07. The molecule has 0 aliphatic carbocycles. The number of aliphatic imine (C=N–C) groups is 1. The molecular formula is C21H36IN5O2. The molecule has 2 unspecified atom stereocenters. The number of hydrogen-bond donors (Lipinski definition) is 2. The quantitative estimate of drug-likeness (QED) is 0.330. The van der Waals surface area contributed by atoms with Gasteiger partial charge in [0.15, 0.2) is 12.6 Å². The smallest absolute Gasteiger partial charge is 0.259 e. The molecule has 1 fully saturated rings. The van der Waals surface area contributed by atoms with Crippen LogP contribution in [-0.4, -0.2) is 74.6 Å². The highest BCUT2D eigenvalue weighted by Gasteiger charge is 2.31. The maximum atomic E-state index is 11.7. The van der Waals surface area contributed by atoms with Crippen molar-refractivity contribution < 1.29 is 9.53 Å². The van der Waals surface area contributed by atoms with Gasteiger partial charge in [0.1, 0.15) is 5.75 Å². The molecule has 1 amide bonds. The summed E-state index contributed by atoms with van der Waals surface area (Å²) in [5, 5.41) is 6.93. The standard InChI is InChI=1S/C21H35N5O2.HI/c1-15(2)26-12-16(3)19(13-26)24-21(22-4)23-11-17-8-7-9-18(10-17)28-14-20(27)25(5)6;/h7-10,15-16,19H,11-14H2,1-6H3,(H2,22,23,24);1H. The lowest BCUT2D eigenvalue weighted by Crippen LogP contribution is -2.46. The second-order valence-corrected chi connectivity index (χ2v) is 7.93. The van der Waals surface area contributed by atoms with Crippen molar-refractivity contribution in [2.24, 2.45) is 10.9 Å². The van der Waals surface area contributed by atoms with Gasteiger partial charge in [-0.2, -0.15) is 0 Å². The minimum absolute atomic E-state index is 0. The van der Waals surface area contributed by atoms with E-state index >= 15 is 0 Å². The summed E-state index contributed by atoms with van der Waals surface area (Å²) in [6, 6.07) is 8.72. The number of ether oxygens (including phenoxy) is 1. The number of likely N-dealkylation sites (N-methyl/N-ethyl adjacent to an activating group) is 1. The van der Waals surface area contributed by atoms with Crippen molar-refractivity contribution >= 4 is 35.8 Å². The number of nitrogens with zero attached hydrogens (tertiary/aromatic N) is 3. The highest BCUT2D eigenvalue weighted by atomic mass is 127. The van der Waals surface area contributed by atoms with Crippen LogP contribution < -0.4 is 15.4 Å². The average molecular weight is 517 g/mol. The predicted molar refractivity (Wildman–Crippen MR) is 129 cm³/mol. The van der Waals surface area contributed by atoms with Gasteiger partial charge in [0.05, 0.1) is 0 Å². The van der Waals surface area contributed by atoms with Crippen LogP contribution in [0.4, 0.5) is 0 Å². The lowest BCUT2D eigenvalue weighted by Gasteiger charge is -2.22. The number of carbonyl (C=O) groups excluding carboxylic acids is 1. The summed E-state index contributed by atoms with van der Waals surface area (Å²) >= 11 is 0. The van der Waals surface area contributed by atoms with Crippen LogP contribution in [0, 0.1) is 5.92 Å². The molecule has 8 heteroatoms. The minimum atomic E-state index is -0.0609. The zero-order valence-electron chi connectivity index (χ0n) is 18.4. The van der Waals surface area contributed by atoms with Gasteiger partial charge < -0.3 is 20.3 Å². The molecule has 0 radical (unpaired) electrons. The molecule has 1 saturated heterocycles. The fourth-order valence-electron chi connectivity index (χ4n) is 3.19. The summed E-state index contributed by atoms with van der Waals surface area (Å²) in [7, 11) is 5.23. The average Bonchev–Trinajstić information content (AvgIpc) is 3.04. The molecule has 164 valence electrons. The molecule has 0 bridgehead atoms. The van der Waals surface area contributed by atoms with E-state index < -0.39 is 0 Å². The van der Waals surface area contributed by atoms with E-state index in [9.17, 15) is 4.79 Å². The van der Waals surface area contributed by atoms with Crippen molar-refractivity contribution in [3.63, 3.8) is 0 Å². The summed E-state index contributed by atoms with van der Waals surface area (Å²) in [4.78, 5) is 20.1. The van der Waals surface area contributed by atoms with Gasteiger partial charge in [-0.15, -0.1) is 24.0 Å². The number of guanidine groups is 1. The van der Waals surface area contributed by atoms with Crippen LogP contribution in [-0.2, 0) is 11.3 Å². The van der Waals surface area contributed by atoms with E-state index in [1.165, 1.54) is 4.90 Å². The van der Waals surface area contributed by atoms with Crippen molar-refractivity contribution in [3.05, 3.63) is 29.8 Å². The Morgan fingerprint density at radius 2 is 2.07 bits per heavy atom. The van der Waals surface area contributed by atoms with Gasteiger partial charge >= 0.3 is 0 Å². The largest absolute Gasteiger partial charge is 0.484 e. The topological polar surface area (TPSA) is 69.2 Å². The maximum absolute atomic E-state index is 11.7. The number of halogens is 1. The zero-order chi connectivity index (χ0) is 20.7. The third-order valence-electron chi connectivity index (χ3n) is 5.14. The summed E-state index contributed by atoms with van der Waals surface area (Å²) in [6.07, 6.45) is 0. The van der Waals surface area contributed by atoms with Crippen molar-refractivity contribution in [1.29, 1.82) is 0 Å². The normalized spacial score (nSPS) is 19.6. The molecule has 2 rings (SSSR count). The molecule has 2 atom stereocenters. The first-order valence-electron chi connectivity index (χ1n) is 9.93. The lowest BCUT2D eigenvalue weighted by atomic mass is 10.1. The third-order valence-corrected chi connectivity index (χ3v) is 5.14. The number of hydrogen-bond acceptors (Lipinski definition) is 4. The van der Waals surface area contributed by atoms with Crippen LogP contribution in [0.2, 0.25) is 0 Å². The van der Waals surface area contributed by atoms with Crippen molar-refractivity contribution in [2.75, 3.05) is 40.8 Å². The van der Waals surface area contributed by atoms with Gasteiger partial charge in [0.25, 0.3) is 5.91 Å². The number of benzene rings is 1. The SMILES string of the molecule is CN=C(NCc1cccc(OCC(=O)N(C)C)c1)NC1CN(C(C)C)CC1C.I. The first kappa shape index (κ1) is 25.5. The molecule has 7 nitrogen and oxygen atoms in total. The van der Waals surface area contributed by atoms with E-state index in [1.807, 2.05) is 24.3 Å². The Kier molecular flexibility index (Phi) is 10.7. The Hall–Kier alpha value is -1.55. The van der Waals surface area contributed by atoms with E-state index in [-0.39, 0.29) is 36.5 Å². The monoisotopic (exact) mass is 517 g/mol. The second kappa shape index (κ2) is 12.2. The van der Waals surface area contributed by atoms with Crippen molar-refractivity contribution in [3.8, 4) is 5.75 Å². The molecule has 1 aliphatic rings. The summed E-state index contributed by atoms with van der Waals surface area (Å²) < 4.78 is 5.59. The van der Waals surface area contributed by atoms with Gasteiger partial charge in [-0.05, 0) is 37.5 Å². The zero-order valence-corrected chi connectivity index (χ0v) is 20.8. The molecule has 0 spiro atoms. The van der Waals surface area contributed by atoms with Gasteiger partial charge in [-0.3, -0.25) is 14.7 Å². The fraction of sp³-hybridized carbons (Fsp3) is 0.619. The van der Waals surface area contributed by atoms with Crippen LogP contribution in [0.5, 0.6) is 5.75 Å². The number of nitrogens with one attached hydrogen (secondary N) is 2. The maximum Gasteiger partial charge on any atom is 0.259 e. The van der Waals surface area contributed by atoms with E-state index in [1.54, 1.807) is 21.1 Å². The molecule has 0 aromatic heterocycles. The van der Waals surface area contributed by atoms with Gasteiger partial charge in [-0.25, -0.2) is 0 Å². The first-order valence-corrected chi connectivity index (χ1v) is 9.93. The van der Waals surface area contributed by atoms with Crippen molar-refractivity contribution in [1.82, 2.24) is 20.4 Å². The van der Waals surface area contributed by atoms with Crippen LogP contribution in [0.1, 0.15) is 26.3 Å². The highest BCUT2D eigenvalue weighted by molar-refractivity contribution is 14.0. The Morgan fingerprint density at radius 1 is 1.34 bits per heavy atom. The number of carbonyl (C=O) groups is 1. The molecule has 1 aromatic carbocycles. The highest BCUT2D eigenvalue weighted by Crippen LogP contribution is 2.18. The van der Waals surface area contributed by atoms with Gasteiger partial charge in [0.2, 0.25) is 0 Å². The Balaban J connectivity index is 0.00000420. The Morgan fingerprint density at radius 3 is 2.66 bits per heavy atom. The van der Waals surface area contributed by atoms with Gasteiger partial charge in [0, 0.05) is 52.9 Å². The van der Waals surface area contributed by atoms with Crippen LogP contribution in [0.25, 0.3) is 0 Å². The molecule has 29 heavy (non-hydrogen) atoms. The van der Waals surface area contributed by atoms with Crippen LogP contribution in [0.15, 0.2) is 29.3 Å². The molecule has 0 saturated carbocycles. The second-order valence-electron chi connectivity index (χ2n) is 7.93. The van der Waals surface area contributed by atoms with E-state index in [2.05, 4.69) is 41.3 Å². The van der Waals surface area contributed by atoms with Crippen LogP contribution in [0.3, 0.4) is 0 Å². The number of rotatable bonds is 7. The van der Waals surface area contributed by atoms with Crippen molar-refractivity contribution in [2.45, 2.75) is 39.4 Å². The molecule has 2 N–H and O–H groups in total. The molecular weight excluding hydrogens is 481 g/mol. The molecule has 1 aromatic rings. The third kappa shape index (κ3) is 8.00. The Bertz CT molecular complexity index is 681. The first-order chi connectivity index (χ1) is 13.3. The summed E-state index contributed by atoms with van der Waals surface area (Å²) in [5.74, 6) is 2.01. The Labute approximate surface area is 192 Å². The predicted octanol–water partition coefficient (Wildman–Crippen LogP) is 2.17. The lowest BCUT2D eigenvalue weighted by molar-refractivity contribution is -0.130. The van der Waals surface area contributed by atoms with E-state index in [4.69, 9.17) is 4.74 Å².